The predicted octanol–water partition coefficient (Wildman–Crippen LogP) is 5.32. The van der Waals surface area contributed by atoms with Crippen LogP contribution < -0.4 is 5.32 Å². The summed E-state index contributed by atoms with van der Waals surface area (Å²) in [7, 11) is -4.05. The molecule has 0 radical (unpaired) electrons. The number of para-hydroxylation sites is 1. The minimum atomic E-state index is -4.05. The van der Waals surface area contributed by atoms with Gasteiger partial charge in [0.1, 0.15) is 24.0 Å². The molecule has 0 saturated carbocycles. The van der Waals surface area contributed by atoms with Crippen molar-refractivity contribution in [3.63, 3.8) is 0 Å². The fourth-order valence-electron chi connectivity index (χ4n) is 3.47. The highest BCUT2D eigenvalue weighted by atomic mass is 35.5. The number of fused-ring (bicyclic) bond motifs is 1. The summed E-state index contributed by atoms with van der Waals surface area (Å²) in [6, 6.07) is 13.1. The number of rotatable bonds is 6. The molecule has 0 atom stereocenters. The van der Waals surface area contributed by atoms with E-state index in [9.17, 15) is 26.4 Å². The van der Waals surface area contributed by atoms with Gasteiger partial charge < -0.3 is 9.88 Å². The Hall–Kier alpha value is -3.30. The Kier molecular flexibility index (Phi) is 6.18. The summed E-state index contributed by atoms with van der Waals surface area (Å²) in [4.78, 5) is 12.4. The molecule has 1 aromatic heterocycles. The van der Waals surface area contributed by atoms with E-state index in [1.807, 2.05) is 0 Å². The third-order valence-corrected chi connectivity index (χ3v) is 7.02. The normalized spacial score (nSPS) is 11.6. The average Bonchev–Trinajstić information content (AvgIpc) is 3.12. The topological polar surface area (TPSA) is 68.2 Å². The van der Waals surface area contributed by atoms with Crippen LogP contribution in [0.3, 0.4) is 0 Å². The Bertz CT molecular complexity index is 1470. The first-order valence-corrected chi connectivity index (χ1v) is 11.7. The Labute approximate surface area is 192 Å². The molecule has 0 aliphatic carbocycles. The lowest BCUT2D eigenvalue weighted by molar-refractivity contribution is -0.116. The maximum Gasteiger partial charge on any atom is 0.244 e. The van der Waals surface area contributed by atoms with E-state index in [4.69, 9.17) is 11.6 Å². The molecule has 170 valence electrons. The SMILES string of the molecule is O=C(Cn1cc(S(=O)(=O)Cc2c(F)cccc2Cl)c2ccccc21)Nc1ccc(F)cc1F. The van der Waals surface area contributed by atoms with Crippen LogP contribution >= 0.6 is 11.6 Å². The van der Waals surface area contributed by atoms with Gasteiger partial charge in [-0.05, 0) is 30.3 Å². The fraction of sp³-hybridized carbons (Fsp3) is 0.0870. The maximum absolute atomic E-state index is 14.2. The second-order valence-corrected chi connectivity index (χ2v) is 9.64. The summed E-state index contributed by atoms with van der Waals surface area (Å²) in [5.74, 6) is -3.78. The van der Waals surface area contributed by atoms with Crippen molar-refractivity contribution in [2.75, 3.05) is 5.32 Å². The summed E-state index contributed by atoms with van der Waals surface area (Å²) in [5, 5.41) is 2.66. The number of amides is 1. The van der Waals surface area contributed by atoms with Gasteiger partial charge in [-0.25, -0.2) is 21.6 Å². The Morgan fingerprint density at radius 1 is 0.970 bits per heavy atom. The van der Waals surface area contributed by atoms with E-state index in [0.29, 0.717) is 17.0 Å². The number of halogens is 4. The zero-order valence-corrected chi connectivity index (χ0v) is 18.4. The van der Waals surface area contributed by atoms with Crippen molar-refractivity contribution >= 4 is 43.9 Å². The van der Waals surface area contributed by atoms with Crippen LogP contribution in [0.1, 0.15) is 5.56 Å². The van der Waals surface area contributed by atoms with Crippen LogP contribution in [0.2, 0.25) is 5.02 Å². The van der Waals surface area contributed by atoms with E-state index in [1.54, 1.807) is 24.3 Å². The van der Waals surface area contributed by atoms with Crippen LogP contribution in [-0.2, 0) is 26.9 Å². The highest BCUT2D eigenvalue weighted by Gasteiger charge is 2.25. The van der Waals surface area contributed by atoms with Crippen LogP contribution in [-0.4, -0.2) is 18.9 Å². The van der Waals surface area contributed by atoms with Crippen LogP contribution in [0.15, 0.2) is 71.8 Å². The molecule has 4 rings (SSSR count). The van der Waals surface area contributed by atoms with Gasteiger partial charge in [-0.1, -0.05) is 35.9 Å². The van der Waals surface area contributed by atoms with Gasteiger partial charge in [0.2, 0.25) is 5.91 Å². The summed E-state index contributed by atoms with van der Waals surface area (Å²) in [6.45, 7) is -0.340. The molecule has 1 amide bonds. The summed E-state index contributed by atoms with van der Waals surface area (Å²) < 4.78 is 68.8. The average molecular weight is 493 g/mol. The zero-order chi connectivity index (χ0) is 23.8. The summed E-state index contributed by atoms with van der Waals surface area (Å²) >= 11 is 6.00. The minimum Gasteiger partial charge on any atom is -0.337 e. The largest absolute Gasteiger partial charge is 0.337 e. The van der Waals surface area contributed by atoms with Gasteiger partial charge in [-0.15, -0.1) is 0 Å². The molecule has 1 heterocycles. The molecule has 5 nitrogen and oxygen atoms in total. The van der Waals surface area contributed by atoms with Crippen molar-refractivity contribution < 1.29 is 26.4 Å². The van der Waals surface area contributed by atoms with Gasteiger partial charge >= 0.3 is 0 Å². The Balaban J connectivity index is 1.67. The molecule has 1 N–H and O–H groups in total. The monoisotopic (exact) mass is 492 g/mol. The molecule has 33 heavy (non-hydrogen) atoms. The molecule has 10 heteroatoms. The first kappa shape index (κ1) is 22.9. The number of anilines is 1. The third kappa shape index (κ3) is 4.74. The minimum absolute atomic E-state index is 0.0111. The number of benzene rings is 3. The van der Waals surface area contributed by atoms with Crippen molar-refractivity contribution in [3.05, 3.63) is 94.9 Å². The number of sulfone groups is 1. The number of nitrogens with zero attached hydrogens (tertiary/aromatic N) is 1. The summed E-state index contributed by atoms with van der Waals surface area (Å²) in [6.07, 6.45) is 1.27. The number of carbonyl (C=O) groups is 1. The maximum atomic E-state index is 14.2. The molecule has 0 aliphatic heterocycles. The van der Waals surface area contributed by atoms with Gasteiger partial charge in [-0.3, -0.25) is 4.79 Å². The van der Waals surface area contributed by atoms with E-state index in [-0.39, 0.29) is 27.7 Å². The Morgan fingerprint density at radius 2 is 1.73 bits per heavy atom. The number of hydrogen-bond donors (Lipinski definition) is 1. The third-order valence-electron chi connectivity index (χ3n) is 5.00. The predicted molar refractivity (Wildman–Crippen MR) is 119 cm³/mol. The molecule has 3 aromatic carbocycles. The van der Waals surface area contributed by atoms with Crippen molar-refractivity contribution in [3.8, 4) is 0 Å². The molecule has 0 aliphatic rings. The molecule has 0 bridgehead atoms. The van der Waals surface area contributed by atoms with Crippen molar-refractivity contribution in [1.82, 2.24) is 4.57 Å². The van der Waals surface area contributed by atoms with Gasteiger partial charge in [0.05, 0.1) is 16.3 Å². The van der Waals surface area contributed by atoms with E-state index < -0.39 is 38.9 Å². The highest BCUT2D eigenvalue weighted by molar-refractivity contribution is 7.90. The van der Waals surface area contributed by atoms with Crippen molar-refractivity contribution in [2.45, 2.75) is 17.2 Å². The molecule has 4 aromatic rings. The van der Waals surface area contributed by atoms with Gasteiger partial charge in [0.15, 0.2) is 9.84 Å². The molecule has 0 fully saturated rings. The standard InChI is InChI=1S/C23H16ClF3N2O3S/c24-17-5-3-6-18(26)16(17)13-33(31,32)22-11-29(21-7-2-1-4-15(21)22)12-23(30)28-20-9-8-14(25)10-19(20)27/h1-11H,12-13H2,(H,28,30). The lowest BCUT2D eigenvalue weighted by Crippen LogP contribution is -2.19. The van der Waals surface area contributed by atoms with E-state index in [1.165, 1.54) is 22.9 Å². The molecular weight excluding hydrogens is 477 g/mol. The van der Waals surface area contributed by atoms with Gasteiger partial charge in [-0.2, -0.15) is 0 Å². The van der Waals surface area contributed by atoms with Gasteiger partial charge in [0.25, 0.3) is 0 Å². The number of nitrogens with one attached hydrogen (secondary N) is 1. The molecule has 0 unspecified atom stereocenters. The van der Waals surface area contributed by atoms with Crippen LogP contribution in [0.25, 0.3) is 10.9 Å². The van der Waals surface area contributed by atoms with Crippen LogP contribution in [0, 0.1) is 17.5 Å². The quantitative estimate of drug-likeness (QED) is 0.396. The molecule has 0 saturated heterocycles. The Morgan fingerprint density at radius 3 is 2.45 bits per heavy atom. The van der Waals surface area contributed by atoms with E-state index in [2.05, 4.69) is 5.32 Å². The number of hydrogen-bond acceptors (Lipinski definition) is 3. The van der Waals surface area contributed by atoms with Crippen molar-refractivity contribution in [1.29, 1.82) is 0 Å². The van der Waals surface area contributed by atoms with E-state index >= 15 is 0 Å². The molecule has 0 spiro atoms. The van der Waals surface area contributed by atoms with Gasteiger partial charge in [0, 0.05) is 33.8 Å². The van der Waals surface area contributed by atoms with Crippen molar-refractivity contribution in [2.24, 2.45) is 0 Å². The smallest absolute Gasteiger partial charge is 0.244 e. The second-order valence-electron chi connectivity index (χ2n) is 7.27. The lowest BCUT2D eigenvalue weighted by atomic mass is 10.2. The zero-order valence-electron chi connectivity index (χ0n) is 16.9. The first-order chi connectivity index (χ1) is 15.7. The molecular formula is C23H16ClF3N2O3S. The number of carbonyl (C=O) groups excluding carboxylic acids is 1. The highest BCUT2D eigenvalue weighted by Crippen LogP contribution is 2.30. The summed E-state index contributed by atoms with van der Waals surface area (Å²) in [5.41, 5.74) is 0.0749. The lowest BCUT2D eigenvalue weighted by Gasteiger charge is -2.08. The first-order valence-electron chi connectivity index (χ1n) is 9.64. The fourth-order valence-corrected chi connectivity index (χ4v) is 5.40. The van der Waals surface area contributed by atoms with Crippen LogP contribution in [0.5, 0.6) is 0 Å². The second kappa shape index (κ2) is 8.92. The van der Waals surface area contributed by atoms with Crippen LogP contribution in [0.4, 0.5) is 18.9 Å². The van der Waals surface area contributed by atoms with E-state index in [0.717, 1.165) is 18.2 Å². The number of aromatic nitrogens is 1.